The molecule has 1 amide bonds. The Balaban J connectivity index is 1.65. The molecule has 1 aliphatic heterocycles. The summed E-state index contributed by atoms with van der Waals surface area (Å²) in [6.07, 6.45) is 0.541. The predicted molar refractivity (Wildman–Crippen MR) is 96.6 cm³/mol. The van der Waals surface area contributed by atoms with Crippen LogP contribution in [0.1, 0.15) is 23.5 Å². The fourth-order valence-electron chi connectivity index (χ4n) is 3.07. The van der Waals surface area contributed by atoms with Crippen LogP contribution in [-0.2, 0) is 11.2 Å². The maximum atomic E-state index is 12.2. The Bertz CT molecular complexity index is 741. The number of rotatable bonds is 6. The smallest absolute Gasteiger partial charge is 0.475 e. The van der Waals surface area contributed by atoms with Gasteiger partial charge >= 0.3 is 7.12 Å². The van der Waals surface area contributed by atoms with Crippen molar-refractivity contribution < 1.29 is 19.6 Å². The molecule has 0 saturated heterocycles. The highest BCUT2D eigenvalue weighted by atomic mass is 35.5. The minimum Gasteiger partial charge on any atom is -0.491 e. The first kappa shape index (κ1) is 17.8. The number of para-hydroxylation sites is 1. The van der Waals surface area contributed by atoms with Crippen LogP contribution in [0.4, 0.5) is 0 Å². The van der Waals surface area contributed by atoms with Crippen LogP contribution >= 0.6 is 11.6 Å². The first-order valence-corrected chi connectivity index (χ1v) is 8.53. The molecule has 2 aromatic rings. The number of carbonyl (C=O) groups is 1. The Hall–Kier alpha value is -2.02. The molecule has 0 unspecified atom stereocenters. The van der Waals surface area contributed by atoms with Gasteiger partial charge in [-0.25, -0.2) is 0 Å². The van der Waals surface area contributed by atoms with E-state index in [0.717, 1.165) is 11.1 Å². The number of hydrogen-bond donors (Lipinski definition) is 3. The average Bonchev–Trinajstić information content (AvgIpc) is 2.99. The van der Waals surface area contributed by atoms with E-state index in [-0.39, 0.29) is 18.2 Å². The van der Waals surface area contributed by atoms with E-state index in [1.54, 1.807) is 6.07 Å². The summed E-state index contributed by atoms with van der Waals surface area (Å²) in [5.74, 6) is -0.460. The first-order valence-electron chi connectivity index (χ1n) is 8.15. The molecule has 0 bridgehead atoms. The van der Waals surface area contributed by atoms with E-state index in [1.165, 1.54) is 0 Å². The zero-order chi connectivity index (χ0) is 17.8. The van der Waals surface area contributed by atoms with E-state index in [9.17, 15) is 14.8 Å². The highest BCUT2D eigenvalue weighted by Crippen LogP contribution is 2.41. The van der Waals surface area contributed by atoms with Crippen LogP contribution in [0.2, 0.25) is 5.02 Å². The molecule has 2 aromatic carbocycles. The lowest BCUT2D eigenvalue weighted by Gasteiger charge is -2.21. The van der Waals surface area contributed by atoms with Crippen LogP contribution in [0.3, 0.4) is 0 Å². The van der Waals surface area contributed by atoms with E-state index >= 15 is 0 Å². The summed E-state index contributed by atoms with van der Waals surface area (Å²) in [5.41, 5.74) is 1.79. The molecule has 7 heteroatoms. The Morgan fingerprint density at radius 3 is 2.72 bits per heavy atom. The fourth-order valence-corrected chi connectivity index (χ4v) is 3.31. The third-order valence-corrected chi connectivity index (χ3v) is 4.62. The SMILES string of the molecule is O=C(Cc1ccccc1)N[C@@H](C[C@@H]1COc2c(Cl)cccc21)B(O)O. The van der Waals surface area contributed by atoms with Crippen LogP contribution in [0.25, 0.3) is 0 Å². The van der Waals surface area contributed by atoms with Gasteiger partial charge in [0, 0.05) is 11.5 Å². The molecule has 0 fully saturated rings. The van der Waals surface area contributed by atoms with Gasteiger partial charge in [-0.2, -0.15) is 0 Å². The highest BCUT2D eigenvalue weighted by Gasteiger charge is 2.33. The van der Waals surface area contributed by atoms with E-state index in [1.807, 2.05) is 42.5 Å². The van der Waals surface area contributed by atoms with Gasteiger partial charge in [-0.1, -0.05) is 54.1 Å². The van der Waals surface area contributed by atoms with Gasteiger partial charge in [0.15, 0.2) is 0 Å². The second kappa shape index (κ2) is 7.91. The molecule has 0 saturated carbocycles. The lowest BCUT2D eigenvalue weighted by atomic mass is 9.73. The van der Waals surface area contributed by atoms with Gasteiger partial charge in [0.1, 0.15) is 5.75 Å². The van der Waals surface area contributed by atoms with Crippen molar-refractivity contribution in [3.8, 4) is 5.75 Å². The molecule has 1 aliphatic rings. The van der Waals surface area contributed by atoms with Crippen LogP contribution in [0.5, 0.6) is 5.75 Å². The Labute approximate surface area is 151 Å². The molecular weight excluding hydrogens is 340 g/mol. The van der Waals surface area contributed by atoms with Gasteiger partial charge in [0.25, 0.3) is 0 Å². The molecule has 130 valence electrons. The number of halogens is 1. The summed E-state index contributed by atoms with van der Waals surface area (Å²) in [7, 11) is -1.65. The van der Waals surface area contributed by atoms with Crippen molar-refractivity contribution >= 4 is 24.6 Å². The molecule has 25 heavy (non-hydrogen) atoms. The molecule has 0 radical (unpaired) electrons. The Morgan fingerprint density at radius 1 is 1.24 bits per heavy atom. The maximum absolute atomic E-state index is 12.2. The molecule has 2 atom stereocenters. The fraction of sp³-hybridized carbons (Fsp3) is 0.278. The molecule has 0 aliphatic carbocycles. The van der Waals surface area contributed by atoms with Crippen molar-refractivity contribution in [2.75, 3.05) is 6.61 Å². The third-order valence-electron chi connectivity index (χ3n) is 4.32. The van der Waals surface area contributed by atoms with Crippen molar-refractivity contribution in [1.29, 1.82) is 0 Å². The number of amides is 1. The molecule has 1 heterocycles. The molecule has 0 aromatic heterocycles. The van der Waals surface area contributed by atoms with Crippen molar-refractivity contribution in [2.45, 2.75) is 24.7 Å². The van der Waals surface area contributed by atoms with Crippen LogP contribution in [0.15, 0.2) is 48.5 Å². The van der Waals surface area contributed by atoms with E-state index in [4.69, 9.17) is 16.3 Å². The number of nitrogens with one attached hydrogen (secondary N) is 1. The van der Waals surface area contributed by atoms with E-state index in [2.05, 4.69) is 5.32 Å². The molecular formula is C18H19BClNO4. The zero-order valence-corrected chi connectivity index (χ0v) is 14.3. The van der Waals surface area contributed by atoms with Crippen LogP contribution in [-0.4, -0.2) is 35.6 Å². The predicted octanol–water partition coefficient (Wildman–Crippen LogP) is 1.95. The minimum atomic E-state index is -1.65. The Morgan fingerprint density at radius 2 is 2.00 bits per heavy atom. The second-order valence-corrected chi connectivity index (χ2v) is 6.56. The van der Waals surface area contributed by atoms with Gasteiger partial charge in [0.2, 0.25) is 5.91 Å². The summed E-state index contributed by atoms with van der Waals surface area (Å²) >= 11 is 6.12. The highest BCUT2D eigenvalue weighted by molar-refractivity contribution is 6.43. The molecule has 0 spiro atoms. The van der Waals surface area contributed by atoms with Gasteiger partial charge in [-0.15, -0.1) is 0 Å². The summed E-state index contributed by atoms with van der Waals surface area (Å²) in [4.78, 5) is 12.2. The Kier molecular flexibility index (Phi) is 5.63. The second-order valence-electron chi connectivity index (χ2n) is 6.15. The van der Waals surface area contributed by atoms with Crippen molar-refractivity contribution in [1.82, 2.24) is 5.32 Å². The number of fused-ring (bicyclic) bond motifs is 1. The van der Waals surface area contributed by atoms with Gasteiger partial charge in [0.05, 0.1) is 24.0 Å². The molecule has 3 N–H and O–H groups in total. The normalized spacial score (nSPS) is 16.7. The third kappa shape index (κ3) is 4.34. The average molecular weight is 360 g/mol. The van der Waals surface area contributed by atoms with Crippen LogP contribution < -0.4 is 10.1 Å². The van der Waals surface area contributed by atoms with Crippen molar-refractivity contribution in [2.24, 2.45) is 0 Å². The van der Waals surface area contributed by atoms with Crippen molar-refractivity contribution in [3.05, 3.63) is 64.7 Å². The molecule has 3 rings (SSSR count). The largest absolute Gasteiger partial charge is 0.491 e. The zero-order valence-electron chi connectivity index (χ0n) is 13.6. The van der Waals surface area contributed by atoms with Crippen LogP contribution in [0, 0.1) is 0 Å². The topological polar surface area (TPSA) is 78.8 Å². The van der Waals surface area contributed by atoms with Gasteiger partial charge in [-0.05, 0) is 18.1 Å². The van der Waals surface area contributed by atoms with Crippen molar-refractivity contribution in [3.63, 3.8) is 0 Å². The first-order chi connectivity index (χ1) is 12.0. The summed E-state index contributed by atoms with van der Waals surface area (Å²) in [6.45, 7) is 0.400. The monoisotopic (exact) mass is 359 g/mol. The standard InChI is InChI=1S/C18H19BClNO4/c20-15-8-4-7-14-13(11-25-18(14)15)10-16(19(23)24)21-17(22)9-12-5-2-1-3-6-12/h1-8,13,16,23-24H,9-11H2,(H,21,22)/t13-,16+/m1/s1. The minimum absolute atomic E-state index is 0.0578. The van der Waals surface area contributed by atoms with E-state index in [0.29, 0.717) is 23.8 Å². The summed E-state index contributed by atoms with van der Waals surface area (Å²) in [6, 6.07) is 14.8. The van der Waals surface area contributed by atoms with E-state index < -0.39 is 13.1 Å². The number of hydrogen-bond acceptors (Lipinski definition) is 4. The summed E-state index contributed by atoms with van der Waals surface area (Å²) in [5, 5.41) is 22.6. The number of benzene rings is 2. The van der Waals surface area contributed by atoms with Gasteiger partial charge < -0.3 is 20.1 Å². The number of carbonyl (C=O) groups excluding carboxylic acids is 1. The lowest BCUT2D eigenvalue weighted by molar-refractivity contribution is -0.120. The maximum Gasteiger partial charge on any atom is 0.475 e. The van der Waals surface area contributed by atoms with Gasteiger partial charge in [-0.3, -0.25) is 4.79 Å². The summed E-state index contributed by atoms with van der Waals surface area (Å²) < 4.78 is 5.62. The molecule has 5 nitrogen and oxygen atoms in total. The lowest BCUT2D eigenvalue weighted by Crippen LogP contribution is -2.47. The quantitative estimate of drug-likeness (QED) is 0.689. The number of ether oxygens (including phenoxy) is 1.